The van der Waals surface area contributed by atoms with Crippen molar-refractivity contribution in [3.05, 3.63) is 26.5 Å². The SMILES string of the molecule is CCc1nn(C)c2c1[nH]c(=S)n2CCc1csc(C)n1. The highest BCUT2D eigenvalue weighted by Gasteiger charge is 2.14. The summed E-state index contributed by atoms with van der Waals surface area (Å²) < 4.78 is 4.78. The fourth-order valence-electron chi connectivity index (χ4n) is 2.48. The highest BCUT2D eigenvalue weighted by Crippen LogP contribution is 2.19. The van der Waals surface area contributed by atoms with Gasteiger partial charge in [-0.2, -0.15) is 5.10 Å². The summed E-state index contributed by atoms with van der Waals surface area (Å²) in [7, 11) is 1.97. The lowest BCUT2D eigenvalue weighted by Crippen LogP contribution is -2.05. The summed E-state index contributed by atoms with van der Waals surface area (Å²) in [5.41, 5.74) is 4.33. The van der Waals surface area contributed by atoms with Crippen LogP contribution in [0, 0.1) is 11.7 Å². The molecule has 0 spiro atoms. The maximum atomic E-state index is 5.44. The molecular formula is C13H17N5S2. The molecule has 0 radical (unpaired) electrons. The van der Waals surface area contributed by atoms with Gasteiger partial charge in [-0.15, -0.1) is 11.3 Å². The summed E-state index contributed by atoms with van der Waals surface area (Å²) in [5, 5.41) is 7.76. The number of imidazole rings is 1. The number of H-pyrrole nitrogens is 1. The molecule has 0 unspecified atom stereocenters. The number of hydrogen-bond acceptors (Lipinski definition) is 4. The molecule has 0 saturated carbocycles. The fraction of sp³-hybridized carbons (Fsp3) is 0.462. The number of hydrogen-bond donors (Lipinski definition) is 1. The van der Waals surface area contributed by atoms with Crippen molar-refractivity contribution < 1.29 is 0 Å². The quantitative estimate of drug-likeness (QED) is 0.754. The first-order valence-electron chi connectivity index (χ1n) is 6.65. The number of aromatic nitrogens is 5. The van der Waals surface area contributed by atoms with Crippen LogP contribution in [0.4, 0.5) is 0 Å². The number of aryl methyl sites for hydroxylation is 5. The Kier molecular flexibility index (Phi) is 3.47. The third-order valence-electron chi connectivity index (χ3n) is 3.42. The molecule has 0 amide bonds. The minimum atomic E-state index is 0.759. The van der Waals surface area contributed by atoms with Gasteiger partial charge in [0.25, 0.3) is 0 Å². The molecule has 1 N–H and O–H groups in total. The van der Waals surface area contributed by atoms with Crippen molar-refractivity contribution >= 4 is 34.7 Å². The molecule has 3 rings (SSSR count). The zero-order valence-corrected chi connectivity index (χ0v) is 13.4. The van der Waals surface area contributed by atoms with Gasteiger partial charge in [0, 0.05) is 25.4 Å². The second kappa shape index (κ2) is 5.14. The van der Waals surface area contributed by atoms with E-state index in [1.807, 2.05) is 18.7 Å². The summed E-state index contributed by atoms with van der Waals surface area (Å²) >= 11 is 7.13. The third-order valence-corrected chi connectivity index (χ3v) is 4.56. The molecule has 0 aromatic carbocycles. The zero-order valence-electron chi connectivity index (χ0n) is 11.8. The Morgan fingerprint density at radius 1 is 1.45 bits per heavy atom. The molecule has 7 heteroatoms. The first kappa shape index (κ1) is 13.5. The molecular weight excluding hydrogens is 290 g/mol. The van der Waals surface area contributed by atoms with Crippen LogP contribution in [0.3, 0.4) is 0 Å². The molecule has 3 heterocycles. The first-order valence-corrected chi connectivity index (χ1v) is 7.94. The topological polar surface area (TPSA) is 51.4 Å². The Hall–Kier alpha value is -1.47. The van der Waals surface area contributed by atoms with Crippen molar-refractivity contribution in [2.24, 2.45) is 7.05 Å². The van der Waals surface area contributed by atoms with Gasteiger partial charge in [-0.25, -0.2) is 4.98 Å². The molecule has 0 aliphatic rings. The highest BCUT2D eigenvalue weighted by atomic mass is 32.1. The standard InChI is InChI=1S/C13H17N5S2/c1-4-10-11-12(17(3)16-10)18(13(19)15-11)6-5-9-7-20-8(2)14-9/h7H,4-6H2,1-3H3,(H,15,19). The number of thiazole rings is 1. The van der Waals surface area contributed by atoms with Crippen LogP contribution in [0.25, 0.3) is 11.2 Å². The highest BCUT2D eigenvalue weighted by molar-refractivity contribution is 7.71. The molecule has 106 valence electrons. The van der Waals surface area contributed by atoms with E-state index in [1.54, 1.807) is 11.3 Å². The molecule has 0 saturated heterocycles. The summed E-state index contributed by atoms with van der Waals surface area (Å²) in [5.74, 6) is 0. The lowest BCUT2D eigenvalue weighted by atomic mass is 10.3. The van der Waals surface area contributed by atoms with E-state index in [4.69, 9.17) is 12.2 Å². The normalized spacial score (nSPS) is 11.6. The van der Waals surface area contributed by atoms with Crippen LogP contribution < -0.4 is 0 Å². The molecule has 20 heavy (non-hydrogen) atoms. The van der Waals surface area contributed by atoms with Crippen LogP contribution in [-0.2, 0) is 26.4 Å². The Balaban J connectivity index is 1.96. The number of rotatable bonds is 4. The summed E-state index contributed by atoms with van der Waals surface area (Å²) in [6, 6.07) is 0. The maximum absolute atomic E-state index is 5.44. The molecule has 0 bridgehead atoms. The van der Waals surface area contributed by atoms with Crippen molar-refractivity contribution in [3.63, 3.8) is 0 Å². The molecule has 0 fully saturated rings. The van der Waals surface area contributed by atoms with Crippen LogP contribution in [-0.4, -0.2) is 24.3 Å². The smallest absolute Gasteiger partial charge is 0.179 e. The van der Waals surface area contributed by atoms with Gasteiger partial charge in [0.15, 0.2) is 10.4 Å². The fourth-order valence-corrected chi connectivity index (χ4v) is 3.41. The summed E-state index contributed by atoms with van der Waals surface area (Å²) in [6.45, 7) is 4.96. The average Bonchev–Trinajstić information content (AvgIpc) is 3.04. The number of nitrogens with zero attached hydrogens (tertiary/aromatic N) is 4. The minimum absolute atomic E-state index is 0.759. The monoisotopic (exact) mass is 307 g/mol. The van der Waals surface area contributed by atoms with Gasteiger partial charge in [0.1, 0.15) is 5.52 Å². The zero-order chi connectivity index (χ0) is 14.3. The van der Waals surface area contributed by atoms with E-state index in [0.29, 0.717) is 0 Å². The van der Waals surface area contributed by atoms with Crippen molar-refractivity contribution in [3.8, 4) is 0 Å². The number of aromatic amines is 1. The van der Waals surface area contributed by atoms with E-state index in [-0.39, 0.29) is 0 Å². The Morgan fingerprint density at radius 2 is 2.25 bits per heavy atom. The molecule has 3 aromatic rings. The maximum Gasteiger partial charge on any atom is 0.179 e. The number of fused-ring (bicyclic) bond motifs is 1. The molecule has 0 atom stereocenters. The average molecular weight is 307 g/mol. The van der Waals surface area contributed by atoms with Gasteiger partial charge >= 0.3 is 0 Å². The minimum Gasteiger partial charge on any atom is -0.328 e. The van der Waals surface area contributed by atoms with Gasteiger partial charge in [0.2, 0.25) is 0 Å². The van der Waals surface area contributed by atoms with E-state index in [2.05, 4.69) is 31.9 Å². The third kappa shape index (κ3) is 2.20. The van der Waals surface area contributed by atoms with E-state index >= 15 is 0 Å². The van der Waals surface area contributed by atoms with Gasteiger partial charge in [0.05, 0.1) is 16.4 Å². The van der Waals surface area contributed by atoms with E-state index in [1.165, 1.54) is 0 Å². The molecule has 5 nitrogen and oxygen atoms in total. The van der Waals surface area contributed by atoms with Crippen molar-refractivity contribution in [2.75, 3.05) is 0 Å². The van der Waals surface area contributed by atoms with Crippen molar-refractivity contribution in [1.82, 2.24) is 24.3 Å². The second-order valence-electron chi connectivity index (χ2n) is 4.81. The Morgan fingerprint density at radius 3 is 2.90 bits per heavy atom. The largest absolute Gasteiger partial charge is 0.328 e. The Labute approximate surface area is 126 Å². The van der Waals surface area contributed by atoms with Crippen molar-refractivity contribution in [2.45, 2.75) is 33.2 Å². The van der Waals surface area contributed by atoms with Crippen molar-refractivity contribution in [1.29, 1.82) is 0 Å². The second-order valence-corrected chi connectivity index (χ2v) is 6.26. The van der Waals surface area contributed by atoms with Gasteiger partial charge in [-0.05, 0) is 25.6 Å². The lowest BCUT2D eigenvalue weighted by molar-refractivity contribution is 0.657. The Bertz CT molecular complexity index is 805. The van der Waals surface area contributed by atoms with Gasteiger partial charge in [-0.3, -0.25) is 4.68 Å². The lowest BCUT2D eigenvalue weighted by Gasteiger charge is -2.03. The van der Waals surface area contributed by atoms with E-state index in [0.717, 1.165) is 51.7 Å². The van der Waals surface area contributed by atoms with Gasteiger partial charge in [-0.1, -0.05) is 6.92 Å². The summed E-state index contributed by atoms with van der Waals surface area (Å²) in [4.78, 5) is 7.79. The van der Waals surface area contributed by atoms with E-state index < -0.39 is 0 Å². The summed E-state index contributed by atoms with van der Waals surface area (Å²) in [6.07, 6.45) is 1.79. The van der Waals surface area contributed by atoms with Gasteiger partial charge < -0.3 is 9.55 Å². The first-order chi connectivity index (χ1) is 9.60. The van der Waals surface area contributed by atoms with Crippen LogP contribution >= 0.6 is 23.6 Å². The molecule has 3 aromatic heterocycles. The van der Waals surface area contributed by atoms with Crippen LogP contribution in [0.1, 0.15) is 23.3 Å². The molecule has 0 aliphatic carbocycles. The molecule has 0 aliphatic heterocycles. The number of nitrogens with one attached hydrogen (secondary N) is 1. The van der Waals surface area contributed by atoms with Crippen LogP contribution in [0.5, 0.6) is 0 Å². The van der Waals surface area contributed by atoms with Crippen LogP contribution in [0.2, 0.25) is 0 Å². The van der Waals surface area contributed by atoms with Crippen LogP contribution in [0.15, 0.2) is 5.38 Å². The predicted molar refractivity (Wildman–Crippen MR) is 83.8 cm³/mol. The predicted octanol–water partition coefficient (Wildman–Crippen LogP) is 3.00. The van der Waals surface area contributed by atoms with E-state index in [9.17, 15) is 0 Å².